The van der Waals surface area contributed by atoms with Gasteiger partial charge in [-0.2, -0.15) is 0 Å². The number of pyridine rings is 1. The highest BCUT2D eigenvalue weighted by Gasteiger charge is 2.17. The topological polar surface area (TPSA) is 59.1 Å². The van der Waals surface area contributed by atoms with Crippen LogP contribution in [0.5, 0.6) is 0 Å². The summed E-state index contributed by atoms with van der Waals surface area (Å²) >= 11 is 11.7. The van der Waals surface area contributed by atoms with Gasteiger partial charge in [-0.1, -0.05) is 18.5 Å². The van der Waals surface area contributed by atoms with Crippen molar-refractivity contribution in [2.24, 2.45) is 5.92 Å². The van der Waals surface area contributed by atoms with E-state index in [0.29, 0.717) is 27.5 Å². The molecule has 0 bridgehead atoms. The van der Waals surface area contributed by atoms with Crippen molar-refractivity contribution >= 4 is 49.8 Å². The second-order valence-corrected chi connectivity index (χ2v) is 7.12. The molecule has 0 aliphatic rings. The number of nitrogens with one attached hydrogen (secondary N) is 1. The van der Waals surface area contributed by atoms with Crippen LogP contribution in [-0.4, -0.2) is 25.0 Å². The molecule has 108 valence electrons. The molecule has 4 nitrogen and oxygen atoms in total. The summed E-state index contributed by atoms with van der Waals surface area (Å²) in [7, 11) is -3.47. The van der Waals surface area contributed by atoms with Gasteiger partial charge in [0, 0.05) is 17.5 Å². The summed E-state index contributed by atoms with van der Waals surface area (Å²) in [5.41, 5.74) is 0.953. The van der Waals surface area contributed by atoms with Crippen molar-refractivity contribution in [1.82, 2.24) is 4.98 Å². The lowest BCUT2D eigenvalue weighted by molar-refractivity contribution is 0.588. The molecule has 1 unspecified atom stereocenters. The molecule has 0 aliphatic carbocycles. The lowest BCUT2D eigenvalue weighted by Gasteiger charge is -2.13. The Hall–Kier alpha value is -1.04. The summed E-state index contributed by atoms with van der Waals surface area (Å²) in [6, 6.07) is 6.81. The first-order chi connectivity index (χ1) is 9.43. The number of hydrogen-bond donors (Lipinski definition) is 1. The number of aromatic nitrogens is 1. The predicted molar refractivity (Wildman–Crippen MR) is 84.0 cm³/mol. The minimum atomic E-state index is -3.47. The fraction of sp³-hybridized carbons (Fsp3) is 0.308. The first-order valence-electron chi connectivity index (χ1n) is 6.02. The van der Waals surface area contributed by atoms with Crippen molar-refractivity contribution < 1.29 is 8.42 Å². The molecule has 0 amide bonds. The van der Waals surface area contributed by atoms with E-state index in [1.54, 1.807) is 37.4 Å². The quantitative estimate of drug-likeness (QED) is 0.852. The van der Waals surface area contributed by atoms with Crippen molar-refractivity contribution in [1.29, 1.82) is 0 Å². The van der Waals surface area contributed by atoms with Crippen LogP contribution >= 0.6 is 23.2 Å². The molecule has 1 atom stereocenters. The van der Waals surface area contributed by atoms with Gasteiger partial charge in [0.1, 0.15) is 0 Å². The number of fused-ring (bicyclic) bond motifs is 1. The van der Waals surface area contributed by atoms with Gasteiger partial charge in [0.05, 0.1) is 22.0 Å². The zero-order chi connectivity index (χ0) is 14.8. The third-order valence-corrected chi connectivity index (χ3v) is 5.14. The zero-order valence-corrected chi connectivity index (χ0v) is 13.1. The van der Waals surface area contributed by atoms with Gasteiger partial charge in [-0.3, -0.25) is 9.71 Å². The van der Waals surface area contributed by atoms with Crippen LogP contribution in [0.4, 0.5) is 5.69 Å². The molecule has 0 fully saturated rings. The average molecular weight is 333 g/mol. The molecule has 0 aliphatic heterocycles. The minimum Gasteiger partial charge on any atom is -0.281 e. The van der Waals surface area contributed by atoms with Gasteiger partial charge in [-0.15, -0.1) is 11.6 Å². The first-order valence-corrected chi connectivity index (χ1v) is 8.59. The Balaban J connectivity index is 2.38. The largest absolute Gasteiger partial charge is 0.281 e. The smallest absolute Gasteiger partial charge is 0.233 e. The van der Waals surface area contributed by atoms with Gasteiger partial charge in [0.25, 0.3) is 0 Å². The number of halogens is 2. The second kappa shape index (κ2) is 6.16. The standard InChI is InChI=1S/C13H14Cl2N2O2S/c1-9(7-14)8-20(18,19)17-12-5-4-11(15)10-3-2-6-16-13(10)12/h2-6,9,17H,7-8H2,1H3. The number of benzene rings is 1. The van der Waals surface area contributed by atoms with Gasteiger partial charge in [-0.05, 0) is 30.2 Å². The summed E-state index contributed by atoms with van der Waals surface area (Å²) in [6.45, 7) is 1.78. The van der Waals surface area contributed by atoms with Crippen LogP contribution in [-0.2, 0) is 10.0 Å². The van der Waals surface area contributed by atoms with E-state index in [0.717, 1.165) is 0 Å². The van der Waals surface area contributed by atoms with Gasteiger partial charge in [-0.25, -0.2) is 8.42 Å². The molecular weight excluding hydrogens is 319 g/mol. The molecule has 0 saturated carbocycles. The molecule has 1 N–H and O–H groups in total. The SMILES string of the molecule is CC(CCl)CS(=O)(=O)Nc1ccc(Cl)c2cccnc12. The number of alkyl halides is 1. The molecule has 0 radical (unpaired) electrons. The van der Waals surface area contributed by atoms with E-state index in [1.807, 2.05) is 0 Å². The van der Waals surface area contributed by atoms with Crippen LogP contribution in [0.15, 0.2) is 30.5 Å². The van der Waals surface area contributed by atoms with Gasteiger partial charge in [0.2, 0.25) is 10.0 Å². The second-order valence-electron chi connectivity index (χ2n) is 4.64. The maximum atomic E-state index is 12.1. The Morgan fingerprint density at radius 1 is 1.35 bits per heavy atom. The third kappa shape index (κ3) is 3.53. The van der Waals surface area contributed by atoms with Crippen LogP contribution in [0.25, 0.3) is 10.9 Å². The molecule has 20 heavy (non-hydrogen) atoms. The van der Waals surface area contributed by atoms with Crippen molar-refractivity contribution in [3.63, 3.8) is 0 Å². The highest BCUT2D eigenvalue weighted by Crippen LogP contribution is 2.28. The molecule has 0 spiro atoms. The number of rotatable bonds is 5. The Labute approximate surface area is 128 Å². The Morgan fingerprint density at radius 3 is 2.80 bits per heavy atom. The van der Waals surface area contributed by atoms with E-state index in [2.05, 4.69) is 9.71 Å². The van der Waals surface area contributed by atoms with E-state index in [-0.39, 0.29) is 11.7 Å². The Kier molecular flexibility index (Phi) is 4.73. The molecule has 2 rings (SSSR count). The Bertz CT molecular complexity index is 719. The zero-order valence-electron chi connectivity index (χ0n) is 10.8. The number of sulfonamides is 1. The van der Waals surface area contributed by atoms with E-state index < -0.39 is 10.0 Å². The van der Waals surface area contributed by atoms with Crippen molar-refractivity contribution in [2.45, 2.75) is 6.92 Å². The average Bonchev–Trinajstić information content (AvgIpc) is 2.41. The molecule has 1 aromatic carbocycles. The number of anilines is 1. The Morgan fingerprint density at radius 2 is 2.10 bits per heavy atom. The lowest BCUT2D eigenvalue weighted by atomic mass is 10.2. The monoisotopic (exact) mass is 332 g/mol. The maximum Gasteiger partial charge on any atom is 0.233 e. The molecule has 1 heterocycles. The van der Waals surface area contributed by atoms with E-state index in [4.69, 9.17) is 23.2 Å². The summed E-state index contributed by atoms with van der Waals surface area (Å²) < 4.78 is 26.7. The van der Waals surface area contributed by atoms with Crippen LogP contribution in [0.3, 0.4) is 0 Å². The highest BCUT2D eigenvalue weighted by atomic mass is 35.5. The van der Waals surface area contributed by atoms with Gasteiger partial charge < -0.3 is 0 Å². The summed E-state index contributed by atoms with van der Waals surface area (Å²) in [5.74, 6) is 0.134. The normalized spacial score (nSPS) is 13.3. The first kappa shape index (κ1) is 15.4. The number of hydrogen-bond acceptors (Lipinski definition) is 3. The number of nitrogens with zero attached hydrogens (tertiary/aromatic N) is 1. The summed E-state index contributed by atoms with van der Waals surface area (Å²) in [6.07, 6.45) is 1.60. The minimum absolute atomic E-state index is 0.0343. The highest BCUT2D eigenvalue weighted by molar-refractivity contribution is 7.92. The third-order valence-electron chi connectivity index (χ3n) is 2.75. The molecular formula is C13H14Cl2N2O2S. The van der Waals surface area contributed by atoms with E-state index in [9.17, 15) is 8.42 Å². The fourth-order valence-corrected chi connectivity index (χ4v) is 3.75. The predicted octanol–water partition coefficient (Wildman–Crippen LogP) is 3.50. The van der Waals surface area contributed by atoms with Gasteiger partial charge in [0.15, 0.2) is 0 Å². The van der Waals surface area contributed by atoms with Crippen molar-refractivity contribution in [3.8, 4) is 0 Å². The van der Waals surface area contributed by atoms with Crippen LogP contribution < -0.4 is 4.72 Å². The van der Waals surface area contributed by atoms with Crippen LogP contribution in [0.2, 0.25) is 5.02 Å². The molecule has 1 aromatic heterocycles. The van der Waals surface area contributed by atoms with Crippen molar-refractivity contribution in [3.05, 3.63) is 35.5 Å². The van der Waals surface area contributed by atoms with Gasteiger partial charge >= 0.3 is 0 Å². The van der Waals surface area contributed by atoms with Crippen LogP contribution in [0.1, 0.15) is 6.92 Å². The maximum absolute atomic E-state index is 12.1. The molecule has 0 saturated heterocycles. The lowest BCUT2D eigenvalue weighted by Crippen LogP contribution is -2.22. The van der Waals surface area contributed by atoms with Crippen molar-refractivity contribution in [2.75, 3.05) is 16.4 Å². The molecule has 7 heteroatoms. The fourth-order valence-electron chi connectivity index (χ4n) is 1.85. The van der Waals surface area contributed by atoms with E-state index >= 15 is 0 Å². The van der Waals surface area contributed by atoms with Crippen LogP contribution in [0, 0.1) is 5.92 Å². The molecule has 2 aromatic rings. The van der Waals surface area contributed by atoms with E-state index in [1.165, 1.54) is 0 Å². The summed E-state index contributed by atoms with van der Waals surface area (Å²) in [4.78, 5) is 4.19. The summed E-state index contributed by atoms with van der Waals surface area (Å²) in [5, 5.41) is 1.24.